The fourth-order valence-corrected chi connectivity index (χ4v) is 2.35. The lowest BCUT2D eigenvalue weighted by atomic mass is 10.0. The Hall–Kier alpha value is -1.70. The van der Waals surface area contributed by atoms with Crippen molar-refractivity contribution in [1.82, 2.24) is 0 Å². The standard InChI is InChI=1S/C15H11F2IO3/c1-20-12-7-6-9(18)8-11(12)14(19)10-4-2-3-5-13(10)21-15(16)17/h2-8,15H,1H3. The van der Waals surface area contributed by atoms with Crippen LogP contribution in [0.5, 0.6) is 11.5 Å². The average Bonchev–Trinajstić information content (AvgIpc) is 2.46. The molecule has 0 aliphatic rings. The van der Waals surface area contributed by atoms with Gasteiger partial charge in [0.25, 0.3) is 0 Å². The number of methoxy groups -OCH3 is 1. The molecule has 0 bridgehead atoms. The molecule has 110 valence electrons. The summed E-state index contributed by atoms with van der Waals surface area (Å²) >= 11 is 2.06. The van der Waals surface area contributed by atoms with Crippen LogP contribution in [0.2, 0.25) is 0 Å². The number of benzene rings is 2. The fraction of sp³-hybridized carbons (Fsp3) is 0.133. The number of hydrogen-bond acceptors (Lipinski definition) is 3. The molecule has 0 heterocycles. The molecule has 0 aliphatic carbocycles. The van der Waals surface area contributed by atoms with Gasteiger partial charge in [-0.2, -0.15) is 8.78 Å². The van der Waals surface area contributed by atoms with Crippen LogP contribution < -0.4 is 9.47 Å². The van der Waals surface area contributed by atoms with Crippen LogP contribution in [-0.4, -0.2) is 19.5 Å². The number of halogens is 3. The Morgan fingerprint density at radius 3 is 2.48 bits per heavy atom. The molecule has 0 N–H and O–H groups in total. The van der Waals surface area contributed by atoms with E-state index in [1.165, 1.54) is 25.3 Å². The molecular formula is C15H11F2IO3. The highest BCUT2D eigenvalue weighted by Crippen LogP contribution is 2.28. The molecule has 2 aromatic rings. The molecule has 0 aliphatic heterocycles. The molecule has 21 heavy (non-hydrogen) atoms. The zero-order valence-electron chi connectivity index (χ0n) is 11.0. The van der Waals surface area contributed by atoms with Gasteiger partial charge in [0.2, 0.25) is 5.78 Å². The first-order chi connectivity index (χ1) is 10.0. The summed E-state index contributed by atoms with van der Waals surface area (Å²) in [6.45, 7) is -2.99. The van der Waals surface area contributed by atoms with E-state index in [9.17, 15) is 13.6 Å². The Morgan fingerprint density at radius 1 is 1.10 bits per heavy atom. The molecule has 2 rings (SSSR count). The maximum absolute atomic E-state index is 12.6. The van der Waals surface area contributed by atoms with E-state index < -0.39 is 12.4 Å². The molecule has 0 amide bonds. The van der Waals surface area contributed by atoms with Crippen LogP contribution in [0.25, 0.3) is 0 Å². The van der Waals surface area contributed by atoms with Crippen LogP contribution >= 0.6 is 22.6 Å². The minimum atomic E-state index is -2.99. The summed E-state index contributed by atoms with van der Waals surface area (Å²) in [4.78, 5) is 12.6. The molecule has 0 radical (unpaired) electrons. The van der Waals surface area contributed by atoms with E-state index in [4.69, 9.17) is 4.74 Å². The van der Waals surface area contributed by atoms with Gasteiger partial charge in [-0.15, -0.1) is 0 Å². The number of alkyl halides is 2. The third-order valence-corrected chi connectivity index (χ3v) is 3.42. The SMILES string of the molecule is COc1ccc(I)cc1C(=O)c1ccccc1OC(F)F. The lowest BCUT2D eigenvalue weighted by molar-refractivity contribution is -0.0501. The summed E-state index contributed by atoms with van der Waals surface area (Å²) in [6, 6.07) is 11.0. The third-order valence-electron chi connectivity index (χ3n) is 2.75. The van der Waals surface area contributed by atoms with Crippen molar-refractivity contribution in [3.05, 3.63) is 57.2 Å². The topological polar surface area (TPSA) is 35.5 Å². The van der Waals surface area contributed by atoms with E-state index in [1.54, 1.807) is 24.3 Å². The Morgan fingerprint density at radius 2 is 1.81 bits per heavy atom. The largest absolute Gasteiger partial charge is 0.496 e. The predicted molar refractivity (Wildman–Crippen MR) is 82.2 cm³/mol. The van der Waals surface area contributed by atoms with Crippen molar-refractivity contribution >= 4 is 28.4 Å². The van der Waals surface area contributed by atoms with E-state index in [-0.39, 0.29) is 11.3 Å². The number of carbonyl (C=O) groups excluding carboxylic acids is 1. The lowest BCUT2D eigenvalue weighted by Gasteiger charge is -2.12. The maximum atomic E-state index is 12.6. The monoisotopic (exact) mass is 404 g/mol. The molecule has 6 heteroatoms. The van der Waals surface area contributed by atoms with Crippen LogP contribution in [0.1, 0.15) is 15.9 Å². The first-order valence-corrected chi connectivity index (χ1v) is 7.03. The quantitative estimate of drug-likeness (QED) is 0.556. The van der Waals surface area contributed by atoms with Gasteiger partial charge in [-0.05, 0) is 52.9 Å². The molecule has 0 saturated carbocycles. The summed E-state index contributed by atoms with van der Waals surface area (Å²) in [5, 5.41) is 0. The average molecular weight is 404 g/mol. The van der Waals surface area contributed by atoms with Gasteiger partial charge in [0, 0.05) is 3.57 Å². The van der Waals surface area contributed by atoms with Crippen molar-refractivity contribution in [3.63, 3.8) is 0 Å². The minimum absolute atomic E-state index is 0.0677. The summed E-state index contributed by atoms with van der Waals surface area (Å²) in [5.41, 5.74) is 0.368. The van der Waals surface area contributed by atoms with Crippen LogP contribution in [0.4, 0.5) is 8.78 Å². The molecule has 0 fully saturated rings. The Balaban J connectivity index is 2.48. The van der Waals surface area contributed by atoms with Crippen LogP contribution in [0.15, 0.2) is 42.5 Å². The number of ketones is 1. The molecule has 0 saturated heterocycles. The Bertz CT molecular complexity index is 659. The van der Waals surface area contributed by atoms with Gasteiger partial charge < -0.3 is 9.47 Å². The number of ether oxygens (including phenoxy) is 2. The van der Waals surface area contributed by atoms with Crippen LogP contribution in [0.3, 0.4) is 0 Å². The number of hydrogen-bond donors (Lipinski definition) is 0. The second-order valence-corrected chi connectivity index (χ2v) is 5.29. The van der Waals surface area contributed by atoms with Gasteiger partial charge in [0.05, 0.1) is 18.2 Å². The van der Waals surface area contributed by atoms with E-state index in [1.807, 2.05) is 0 Å². The van der Waals surface area contributed by atoms with Crippen molar-refractivity contribution in [1.29, 1.82) is 0 Å². The summed E-state index contributed by atoms with van der Waals surface area (Å²) in [5.74, 6) is -0.202. The molecule has 0 spiro atoms. The maximum Gasteiger partial charge on any atom is 0.387 e. The van der Waals surface area contributed by atoms with Crippen molar-refractivity contribution in [3.8, 4) is 11.5 Å². The van der Waals surface area contributed by atoms with Gasteiger partial charge in [-0.1, -0.05) is 12.1 Å². The Labute approximate surface area is 134 Å². The highest BCUT2D eigenvalue weighted by molar-refractivity contribution is 14.1. The van der Waals surface area contributed by atoms with Crippen LogP contribution in [-0.2, 0) is 0 Å². The Kier molecular flexibility index (Phi) is 5.11. The van der Waals surface area contributed by atoms with E-state index in [0.29, 0.717) is 11.3 Å². The lowest BCUT2D eigenvalue weighted by Crippen LogP contribution is -2.10. The molecule has 0 unspecified atom stereocenters. The smallest absolute Gasteiger partial charge is 0.387 e. The number of para-hydroxylation sites is 1. The van der Waals surface area contributed by atoms with Crippen LogP contribution in [0, 0.1) is 3.57 Å². The fourth-order valence-electron chi connectivity index (χ4n) is 1.86. The second-order valence-electron chi connectivity index (χ2n) is 4.05. The first-order valence-electron chi connectivity index (χ1n) is 5.95. The van der Waals surface area contributed by atoms with Gasteiger partial charge >= 0.3 is 6.61 Å². The highest BCUT2D eigenvalue weighted by Gasteiger charge is 2.20. The highest BCUT2D eigenvalue weighted by atomic mass is 127. The summed E-state index contributed by atoms with van der Waals surface area (Å²) < 4.78 is 35.2. The van der Waals surface area contributed by atoms with E-state index in [2.05, 4.69) is 27.3 Å². The van der Waals surface area contributed by atoms with Gasteiger partial charge in [0.1, 0.15) is 11.5 Å². The van der Waals surface area contributed by atoms with Gasteiger partial charge in [0.15, 0.2) is 0 Å². The summed E-state index contributed by atoms with van der Waals surface area (Å²) in [7, 11) is 1.44. The minimum Gasteiger partial charge on any atom is -0.496 e. The van der Waals surface area contributed by atoms with E-state index >= 15 is 0 Å². The molecule has 0 aromatic heterocycles. The van der Waals surface area contributed by atoms with Gasteiger partial charge in [-0.3, -0.25) is 4.79 Å². The van der Waals surface area contributed by atoms with E-state index in [0.717, 1.165) is 3.57 Å². The summed E-state index contributed by atoms with van der Waals surface area (Å²) in [6.07, 6.45) is 0. The van der Waals surface area contributed by atoms with Crippen molar-refractivity contribution < 1.29 is 23.0 Å². The molecule has 3 nitrogen and oxygen atoms in total. The first kappa shape index (κ1) is 15.7. The van der Waals surface area contributed by atoms with Crippen molar-refractivity contribution in [2.75, 3.05) is 7.11 Å². The number of rotatable bonds is 5. The second kappa shape index (κ2) is 6.84. The zero-order valence-corrected chi connectivity index (χ0v) is 13.1. The molecule has 2 aromatic carbocycles. The zero-order chi connectivity index (χ0) is 15.4. The molecular weight excluding hydrogens is 393 g/mol. The third kappa shape index (κ3) is 3.69. The van der Waals surface area contributed by atoms with Crippen molar-refractivity contribution in [2.45, 2.75) is 6.61 Å². The van der Waals surface area contributed by atoms with Crippen molar-refractivity contribution in [2.24, 2.45) is 0 Å². The van der Waals surface area contributed by atoms with Gasteiger partial charge in [-0.25, -0.2) is 0 Å². The predicted octanol–water partition coefficient (Wildman–Crippen LogP) is 4.13. The molecule has 0 atom stereocenters. The normalized spacial score (nSPS) is 10.5. The number of carbonyl (C=O) groups is 1.